The monoisotopic (exact) mass is 460 g/mol. The van der Waals surface area contributed by atoms with Crippen molar-refractivity contribution in [3.8, 4) is 16.5 Å². The van der Waals surface area contributed by atoms with Gasteiger partial charge in [0.1, 0.15) is 0 Å². The normalized spacial score (nSPS) is 12.3. The summed E-state index contributed by atoms with van der Waals surface area (Å²) in [4.78, 5) is 19.3. The van der Waals surface area contributed by atoms with Crippen LogP contribution in [0.25, 0.3) is 27.4 Å². The second-order valence-electron chi connectivity index (χ2n) is 7.58. The van der Waals surface area contributed by atoms with Crippen molar-refractivity contribution in [1.29, 1.82) is 0 Å². The summed E-state index contributed by atoms with van der Waals surface area (Å²) in [6.07, 6.45) is 0. The zero-order valence-corrected chi connectivity index (χ0v) is 19.4. The van der Waals surface area contributed by atoms with Crippen molar-refractivity contribution in [3.63, 3.8) is 0 Å². The molecule has 32 heavy (non-hydrogen) atoms. The van der Waals surface area contributed by atoms with Crippen LogP contribution in [0.5, 0.6) is 0 Å². The number of aromatic nitrogens is 4. The summed E-state index contributed by atoms with van der Waals surface area (Å²) >= 11 is 2.98. The Balaban J connectivity index is 1.60. The number of nitrogens with zero attached hydrogens (tertiary/aromatic N) is 4. The number of aryl methyl sites for hydroxylation is 2. The van der Waals surface area contributed by atoms with Gasteiger partial charge in [0.15, 0.2) is 5.16 Å². The van der Waals surface area contributed by atoms with E-state index in [1.165, 1.54) is 11.8 Å². The van der Waals surface area contributed by atoms with E-state index in [2.05, 4.69) is 16.3 Å². The number of benzene rings is 2. The maximum Gasteiger partial charge on any atom is 0.266 e. The first-order valence-corrected chi connectivity index (χ1v) is 11.9. The molecule has 3 aromatic heterocycles. The van der Waals surface area contributed by atoms with Gasteiger partial charge >= 0.3 is 0 Å². The molecule has 0 bridgehead atoms. The molecule has 5 aromatic rings. The van der Waals surface area contributed by atoms with Gasteiger partial charge in [0.25, 0.3) is 11.4 Å². The van der Waals surface area contributed by atoms with Crippen LogP contribution in [0.4, 0.5) is 0 Å². The van der Waals surface area contributed by atoms with Gasteiger partial charge in [0.05, 0.1) is 26.7 Å². The van der Waals surface area contributed by atoms with Crippen LogP contribution in [0.1, 0.15) is 29.2 Å². The highest BCUT2D eigenvalue weighted by Crippen LogP contribution is 2.36. The molecule has 0 spiro atoms. The first kappa shape index (κ1) is 20.7. The van der Waals surface area contributed by atoms with Crippen molar-refractivity contribution in [2.45, 2.75) is 31.2 Å². The highest BCUT2D eigenvalue weighted by molar-refractivity contribution is 7.99. The van der Waals surface area contributed by atoms with Gasteiger partial charge in [-0.3, -0.25) is 9.36 Å². The SMILES string of the molecule is Cc1cc(C)cc(-n2c(SC(C)c3nnc(-c4cccs4)o3)nc3ccccc3c2=O)c1. The summed E-state index contributed by atoms with van der Waals surface area (Å²) in [5.41, 5.74) is 3.53. The minimum atomic E-state index is -0.193. The third-order valence-electron chi connectivity index (χ3n) is 5.01. The average molecular weight is 461 g/mol. The number of hydrogen-bond donors (Lipinski definition) is 0. The molecule has 1 atom stereocenters. The lowest BCUT2D eigenvalue weighted by Crippen LogP contribution is -2.22. The number of thiophene rings is 1. The summed E-state index contributed by atoms with van der Waals surface area (Å²) in [5, 5.41) is 11.4. The predicted octanol–water partition coefficient (Wildman–Crippen LogP) is 5.97. The second-order valence-corrected chi connectivity index (χ2v) is 9.84. The van der Waals surface area contributed by atoms with Gasteiger partial charge in [-0.25, -0.2) is 4.98 Å². The Kier molecular flexibility index (Phi) is 5.40. The fourth-order valence-corrected chi connectivity index (χ4v) is 5.21. The van der Waals surface area contributed by atoms with Crippen molar-refractivity contribution >= 4 is 34.0 Å². The van der Waals surface area contributed by atoms with Gasteiger partial charge in [-0.1, -0.05) is 36.0 Å². The lowest BCUT2D eigenvalue weighted by Gasteiger charge is -2.16. The molecule has 8 heteroatoms. The molecule has 0 fully saturated rings. The second kappa shape index (κ2) is 8.37. The van der Waals surface area contributed by atoms with E-state index in [1.807, 2.05) is 74.7 Å². The lowest BCUT2D eigenvalue weighted by atomic mass is 10.1. The topological polar surface area (TPSA) is 73.8 Å². The van der Waals surface area contributed by atoms with Gasteiger partial charge in [0, 0.05) is 0 Å². The van der Waals surface area contributed by atoms with Gasteiger partial charge < -0.3 is 4.42 Å². The molecule has 160 valence electrons. The maximum absolute atomic E-state index is 13.5. The fourth-order valence-electron chi connectivity index (χ4n) is 3.61. The molecule has 0 radical (unpaired) electrons. The van der Waals surface area contributed by atoms with E-state index in [0.29, 0.717) is 27.8 Å². The third-order valence-corrected chi connectivity index (χ3v) is 6.91. The van der Waals surface area contributed by atoms with Gasteiger partial charge in [-0.2, -0.15) is 0 Å². The molecule has 0 aliphatic rings. The fraction of sp³-hybridized carbons (Fsp3) is 0.167. The quantitative estimate of drug-likeness (QED) is 0.238. The van der Waals surface area contributed by atoms with E-state index in [-0.39, 0.29) is 10.8 Å². The number of thioether (sulfide) groups is 1. The molecule has 0 aliphatic carbocycles. The molecule has 1 unspecified atom stereocenters. The minimum absolute atomic E-state index is 0.0971. The largest absolute Gasteiger partial charge is 0.419 e. The Hall–Kier alpha value is -3.23. The molecule has 0 aliphatic heterocycles. The van der Waals surface area contributed by atoms with Crippen molar-refractivity contribution in [2.24, 2.45) is 0 Å². The van der Waals surface area contributed by atoms with Crippen LogP contribution in [-0.2, 0) is 0 Å². The number of fused-ring (bicyclic) bond motifs is 1. The summed E-state index contributed by atoms with van der Waals surface area (Å²) in [7, 11) is 0. The van der Waals surface area contributed by atoms with Crippen LogP contribution < -0.4 is 5.56 Å². The Bertz CT molecular complexity index is 1450. The smallest absolute Gasteiger partial charge is 0.266 e. The number of hydrogen-bond acceptors (Lipinski definition) is 7. The molecule has 5 rings (SSSR count). The molecule has 3 heterocycles. The first-order chi connectivity index (χ1) is 15.5. The minimum Gasteiger partial charge on any atom is -0.419 e. The summed E-state index contributed by atoms with van der Waals surface area (Å²) < 4.78 is 7.60. The molecule has 2 aromatic carbocycles. The van der Waals surface area contributed by atoms with Crippen LogP contribution in [0.2, 0.25) is 0 Å². The first-order valence-electron chi connectivity index (χ1n) is 10.1. The summed E-state index contributed by atoms with van der Waals surface area (Å²) in [5.74, 6) is 0.994. The van der Waals surface area contributed by atoms with Crippen LogP contribution in [0, 0.1) is 13.8 Å². The molecule has 6 nitrogen and oxygen atoms in total. The van der Waals surface area contributed by atoms with E-state index >= 15 is 0 Å². The summed E-state index contributed by atoms with van der Waals surface area (Å²) in [6, 6.07) is 17.4. The van der Waals surface area contributed by atoms with Crippen LogP contribution in [-0.4, -0.2) is 19.7 Å². The Morgan fingerprint density at radius 3 is 2.56 bits per heavy atom. The van der Waals surface area contributed by atoms with Gasteiger partial charge in [0.2, 0.25) is 5.89 Å². The van der Waals surface area contributed by atoms with Crippen molar-refractivity contribution < 1.29 is 4.42 Å². The van der Waals surface area contributed by atoms with Gasteiger partial charge in [-0.15, -0.1) is 21.5 Å². The van der Waals surface area contributed by atoms with E-state index < -0.39 is 0 Å². The molecular weight excluding hydrogens is 440 g/mol. The van der Waals surface area contributed by atoms with E-state index in [0.717, 1.165) is 21.7 Å². The van der Waals surface area contributed by atoms with Gasteiger partial charge in [-0.05, 0) is 67.6 Å². The van der Waals surface area contributed by atoms with E-state index in [9.17, 15) is 4.79 Å². The number of para-hydroxylation sites is 1. The third kappa shape index (κ3) is 3.87. The zero-order valence-electron chi connectivity index (χ0n) is 17.8. The van der Waals surface area contributed by atoms with Crippen LogP contribution >= 0.6 is 23.1 Å². The van der Waals surface area contributed by atoms with Crippen LogP contribution in [0.3, 0.4) is 0 Å². The van der Waals surface area contributed by atoms with E-state index in [4.69, 9.17) is 9.40 Å². The van der Waals surface area contributed by atoms with Crippen molar-refractivity contribution in [3.05, 3.63) is 87.3 Å². The maximum atomic E-state index is 13.5. The molecular formula is C24H20N4O2S2. The highest BCUT2D eigenvalue weighted by atomic mass is 32.2. The van der Waals surface area contributed by atoms with Crippen molar-refractivity contribution in [2.75, 3.05) is 0 Å². The van der Waals surface area contributed by atoms with E-state index in [1.54, 1.807) is 15.9 Å². The zero-order chi connectivity index (χ0) is 22.2. The Morgan fingerprint density at radius 1 is 1.03 bits per heavy atom. The number of rotatable bonds is 5. The van der Waals surface area contributed by atoms with Crippen LogP contribution in [0.15, 0.2) is 74.3 Å². The molecule has 0 amide bonds. The van der Waals surface area contributed by atoms with Crippen molar-refractivity contribution in [1.82, 2.24) is 19.7 Å². The lowest BCUT2D eigenvalue weighted by molar-refractivity contribution is 0.509. The predicted molar refractivity (Wildman–Crippen MR) is 129 cm³/mol. The highest BCUT2D eigenvalue weighted by Gasteiger charge is 2.21. The molecule has 0 saturated carbocycles. The standard InChI is InChI=1S/C24H20N4O2S2/c1-14-11-15(2)13-17(12-14)28-23(29)18-7-4-5-8-19(18)25-24(28)32-16(3)21-26-27-22(30-21)20-9-6-10-31-20/h4-13,16H,1-3H3. The molecule has 0 saturated heterocycles. The summed E-state index contributed by atoms with van der Waals surface area (Å²) in [6.45, 7) is 6.02. The molecule has 0 N–H and O–H groups in total. The average Bonchev–Trinajstić information content (AvgIpc) is 3.45. The Labute approximate surface area is 193 Å². The Morgan fingerprint density at radius 2 is 1.81 bits per heavy atom.